The molecule has 0 spiro atoms. The first kappa shape index (κ1) is 19.9. The van der Waals surface area contributed by atoms with Crippen molar-refractivity contribution in [1.29, 1.82) is 0 Å². The Labute approximate surface area is 161 Å². The Kier molecular flexibility index (Phi) is 6.76. The van der Waals surface area contributed by atoms with E-state index in [-0.39, 0.29) is 4.32 Å². The first-order valence-corrected chi connectivity index (χ1v) is 9.30. The molecule has 0 radical (unpaired) electrons. The maximum absolute atomic E-state index is 12.2. The van der Waals surface area contributed by atoms with Crippen LogP contribution in [0.4, 0.5) is 0 Å². The molecule has 1 aliphatic rings. The lowest BCUT2D eigenvalue weighted by Crippen LogP contribution is -2.33. The van der Waals surface area contributed by atoms with Crippen molar-refractivity contribution in [1.82, 2.24) is 4.90 Å². The minimum Gasteiger partial charge on any atom is -0.480 e. The molecule has 0 saturated carbocycles. The third-order valence-electron chi connectivity index (χ3n) is 3.40. The minimum atomic E-state index is -1.10. The number of aryl methyl sites for hydroxylation is 1. The zero-order chi connectivity index (χ0) is 19.3. The molecule has 3 rings (SSSR count). The van der Waals surface area contributed by atoms with E-state index in [1.165, 1.54) is 0 Å². The number of carbonyl (C=O) groups is 2. The number of nitrogens with zero attached hydrogens (tertiary/aromatic N) is 1. The number of thiocarbonyl (C=S) groups is 1. The van der Waals surface area contributed by atoms with Gasteiger partial charge in [-0.3, -0.25) is 14.5 Å². The van der Waals surface area contributed by atoms with Crippen LogP contribution in [0.15, 0.2) is 45.7 Å². The maximum Gasteiger partial charge on any atom is 0.323 e. The highest BCUT2D eigenvalue weighted by Gasteiger charge is 2.33. The fraction of sp³-hybridized carbons (Fsp3) is 0.211. The lowest BCUT2D eigenvalue weighted by atomic mass is 10.1. The van der Waals surface area contributed by atoms with Gasteiger partial charge in [-0.25, -0.2) is 0 Å². The number of carboxylic acid groups (broad SMARTS) is 1. The molecular formula is C19H19NO4S2. The van der Waals surface area contributed by atoms with Crippen LogP contribution < -0.4 is 0 Å². The quantitative estimate of drug-likeness (QED) is 0.610. The van der Waals surface area contributed by atoms with Crippen molar-refractivity contribution >= 4 is 46.3 Å². The van der Waals surface area contributed by atoms with Crippen molar-refractivity contribution in [3.63, 3.8) is 0 Å². The highest BCUT2D eigenvalue weighted by atomic mass is 32.2. The van der Waals surface area contributed by atoms with Gasteiger partial charge in [0, 0.05) is 11.6 Å². The molecule has 1 aromatic carbocycles. The number of furan rings is 1. The molecular weight excluding hydrogens is 370 g/mol. The van der Waals surface area contributed by atoms with Crippen LogP contribution in [0.5, 0.6) is 0 Å². The number of amides is 1. The van der Waals surface area contributed by atoms with E-state index in [2.05, 4.69) is 0 Å². The summed E-state index contributed by atoms with van der Waals surface area (Å²) in [7, 11) is 0. The molecule has 1 N–H and O–H groups in total. The monoisotopic (exact) mass is 389 g/mol. The van der Waals surface area contributed by atoms with Gasteiger partial charge in [-0.05, 0) is 19.1 Å². The van der Waals surface area contributed by atoms with Crippen molar-refractivity contribution in [3.8, 4) is 11.3 Å². The Morgan fingerprint density at radius 1 is 1.23 bits per heavy atom. The summed E-state index contributed by atoms with van der Waals surface area (Å²) in [6.45, 7) is 5.57. The van der Waals surface area contributed by atoms with Gasteiger partial charge in [0.1, 0.15) is 22.4 Å². The second-order valence-corrected chi connectivity index (χ2v) is 6.91. The SMILES string of the molecule is CC.Cc1ccc(-c2ccc(/C=C3/SC(=S)N(CC(=O)O)C3=O)o2)cc1. The molecule has 2 aromatic rings. The molecule has 0 aliphatic carbocycles. The van der Waals surface area contributed by atoms with Gasteiger partial charge >= 0.3 is 5.97 Å². The summed E-state index contributed by atoms with van der Waals surface area (Å²) in [5, 5.41) is 8.83. The Morgan fingerprint density at radius 3 is 2.50 bits per heavy atom. The standard InChI is InChI=1S/C17H13NO4S2.C2H6/c1-10-2-4-11(5-3-10)13-7-6-12(22-13)8-14-16(21)18(9-15(19)20)17(23)24-14;1-2/h2-8H,9H2,1H3,(H,19,20);1-2H3/b14-8+;. The zero-order valence-corrected chi connectivity index (χ0v) is 16.3. The van der Waals surface area contributed by atoms with Gasteiger partial charge in [0.05, 0.1) is 4.91 Å². The fourth-order valence-electron chi connectivity index (χ4n) is 2.20. The summed E-state index contributed by atoms with van der Waals surface area (Å²) in [5.74, 6) is -0.309. The topological polar surface area (TPSA) is 70.8 Å². The van der Waals surface area contributed by atoms with Gasteiger partial charge in [-0.2, -0.15) is 0 Å². The van der Waals surface area contributed by atoms with Crippen molar-refractivity contribution in [2.24, 2.45) is 0 Å². The lowest BCUT2D eigenvalue weighted by Gasteiger charge is -2.09. The van der Waals surface area contributed by atoms with Crippen molar-refractivity contribution in [3.05, 3.63) is 52.6 Å². The third-order valence-corrected chi connectivity index (χ3v) is 4.78. The van der Waals surface area contributed by atoms with Gasteiger partial charge < -0.3 is 9.52 Å². The molecule has 136 valence electrons. The molecule has 0 bridgehead atoms. The number of hydrogen-bond donors (Lipinski definition) is 1. The fourth-order valence-corrected chi connectivity index (χ4v) is 3.44. The smallest absolute Gasteiger partial charge is 0.323 e. The van der Waals surface area contributed by atoms with Crippen LogP contribution in [0.3, 0.4) is 0 Å². The summed E-state index contributed by atoms with van der Waals surface area (Å²) in [6.07, 6.45) is 1.58. The van der Waals surface area contributed by atoms with E-state index in [0.29, 0.717) is 16.4 Å². The van der Waals surface area contributed by atoms with Crippen LogP contribution in [0.2, 0.25) is 0 Å². The van der Waals surface area contributed by atoms with E-state index in [1.54, 1.807) is 12.1 Å². The Bertz CT molecular complexity index is 853. The van der Waals surface area contributed by atoms with Crippen LogP contribution in [-0.2, 0) is 9.59 Å². The van der Waals surface area contributed by atoms with Gasteiger partial charge in [0.2, 0.25) is 0 Å². The second-order valence-electron chi connectivity index (χ2n) is 5.23. The van der Waals surface area contributed by atoms with Crippen LogP contribution in [0.25, 0.3) is 17.4 Å². The highest BCUT2D eigenvalue weighted by molar-refractivity contribution is 8.26. The number of rotatable bonds is 4. The van der Waals surface area contributed by atoms with E-state index in [0.717, 1.165) is 27.8 Å². The van der Waals surface area contributed by atoms with E-state index in [1.807, 2.05) is 51.1 Å². The molecule has 1 saturated heterocycles. The average Bonchev–Trinajstić information content (AvgIpc) is 3.18. The number of aliphatic carboxylic acids is 1. The first-order valence-electron chi connectivity index (χ1n) is 8.08. The van der Waals surface area contributed by atoms with E-state index in [4.69, 9.17) is 21.7 Å². The van der Waals surface area contributed by atoms with Gasteiger partial charge in [-0.1, -0.05) is 67.7 Å². The molecule has 1 fully saturated rings. The Hall–Kier alpha value is -2.38. The first-order chi connectivity index (χ1) is 12.4. The van der Waals surface area contributed by atoms with E-state index in [9.17, 15) is 9.59 Å². The normalized spacial score (nSPS) is 15.2. The molecule has 5 nitrogen and oxygen atoms in total. The predicted molar refractivity (Wildman–Crippen MR) is 108 cm³/mol. The van der Waals surface area contributed by atoms with E-state index < -0.39 is 18.4 Å². The molecule has 1 amide bonds. The minimum absolute atomic E-state index is 0.235. The molecule has 1 aliphatic heterocycles. The maximum atomic E-state index is 12.2. The third kappa shape index (κ3) is 4.62. The average molecular weight is 389 g/mol. The largest absolute Gasteiger partial charge is 0.480 e. The van der Waals surface area contributed by atoms with Crippen molar-refractivity contribution < 1.29 is 19.1 Å². The van der Waals surface area contributed by atoms with Crippen molar-refractivity contribution in [2.75, 3.05) is 6.54 Å². The number of carboxylic acids is 1. The van der Waals surface area contributed by atoms with Crippen LogP contribution >= 0.6 is 24.0 Å². The number of benzene rings is 1. The summed E-state index contributed by atoms with van der Waals surface area (Å²) in [5.41, 5.74) is 2.10. The molecule has 0 unspecified atom stereocenters. The molecule has 26 heavy (non-hydrogen) atoms. The second kappa shape index (κ2) is 8.82. The predicted octanol–water partition coefficient (Wildman–Crippen LogP) is 4.57. The summed E-state index contributed by atoms with van der Waals surface area (Å²) < 4.78 is 5.99. The highest BCUT2D eigenvalue weighted by Crippen LogP contribution is 2.33. The van der Waals surface area contributed by atoms with Crippen LogP contribution in [0.1, 0.15) is 25.2 Å². The van der Waals surface area contributed by atoms with Crippen molar-refractivity contribution in [2.45, 2.75) is 20.8 Å². The van der Waals surface area contributed by atoms with Crippen LogP contribution in [0, 0.1) is 6.92 Å². The Balaban J connectivity index is 0.00000117. The summed E-state index contributed by atoms with van der Waals surface area (Å²) in [4.78, 5) is 24.4. The van der Waals surface area contributed by atoms with Gasteiger partial charge in [-0.15, -0.1) is 0 Å². The van der Waals surface area contributed by atoms with E-state index >= 15 is 0 Å². The number of thioether (sulfide) groups is 1. The molecule has 2 heterocycles. The van der Waals surface area contributed by atoms with Gasteiger partial charge in [0.15, 0.2) is 0 Å². The zero-order valence-electron chi connectivity index (χ0n) is 14.7. The van der Waals surface area contributed by atoms with Crippen LogP contribution in [-0.4, -0.2) is 32.7 Å². The molecule has 1 aromatic heterocycles. The molecule has 0 atom stereocenters. The molecule has 7 heteroatoms. The lowest BCUT2D eigenvalue weighted by molar-refractivity contribution is -0.140. The van der Waals surface area contributed by atoms with Gasteiger partial charge in [0.25, 0.3) is 5.91 Å². The summed E-state index contributed by atoms with van der Waals surface area (Å²) in [6, 6.07) is 11.5. The Morgan fingerprint density at radius 2 is 1.88 bits per heavy atom. The summed E-state index contributed by atoms with van der Waals surface area (Å²) >= 11 is 6.13. The number of hydrogen-bond acceptors (Lipinski definition) is 5. The number of carbonyl (C=O) groups excluding carboxylic acids is 1.